The maximum absolute atomic E-state index is 10.7. The van der Waals surface area contributed by atoms with Crippen molar-refractivity contribution in [1.29, 1.82) is 0 Å². The number of hydrogen-bond acceptors (Lipinski definition) is 8. The monoisotopic (exact) mass is 293 g/mol. The van der Waals surface area contributed by atoms with E-state index in [0.29, 0.717) is 38.6 Å². The third kappa shape index (κ3) is 7.72. The van der Waals surface area contributed by atoms with Crippen molar-refractivity contribution in [3.05, 3.63) is 5.89 Å². The van der Waals surface area contributed by atoms with E-state index in [1.54, 1.807) is 7.11 Å². The van der Waals surface area contributed by atoms with Crippen molar-refractivity contribution in [2.75, 3.05) is 37.9 Å². The normalized spacial score (nSPS) is 11.7. The molecule has 0 saturated heterocycles. The number of hydrogen-bond donors (Lipinski definition) is 3. The number of aromatic nitrogens is 2. The van der Waals surface area contributed by atoms with Crippen molar-refractivity contribution < 1.29 is 17.6 Å². The highest BCUT2D eigenvalue weighted by molar-refractivity contribution is 7.89. The average molecular weight is 293 g/mol. The minimum absolute atomic E-state index is 0.0838. The fourth-order valence-electron chi connectivity index (χ4n) is 1.23. The van der Waals surface area contributed by atoms with Gasteiger partial charge in [-0.25, -0.2) is 13.6 Å². The van der Waals surface area contributed by atoms with E-state index in [-0.39, 0.29) is 11.8 Å². The molecule has 10 heteroatoms. The van der Waals surface area contributed by atoms with Gasteiger partial charge < -0.3 is 19.8 Å². The predicted octanol–water partition coefficient (Wildman–Crippen LogP) is -1.10. The molecule has 0 aromatic carbocycles. The first-order valence-electron chi connectivity index (χ1n) is 5.77. The van der Waals surface area contributed by atoms with E-state index in [1.165, 1.54) is 0 Å². The van der Waals surface area contributed by atoms with Crippen LogP contribution in [0.2, 0.25) is 0 Å². The van der Waals surface area contributed by atoms with Gasteiger partial charge >= 0.3 is 6.01 Å². The zero-order chi connectivity index (χ0) is 14.1. The lowest BCUT2D eigenvalue weighted by Crippen LogP contribution is -2.18. The second-order valence-electron chi connectivity index (χ2n) is 3.82. The number of rotatable bonds is 10. The third-order valence-corrected chi connectivity index (χ3v) is 2.97. The Morgan fingerprint density at radius 2 is 2.16 bits per heavy atom. The van der Waals surface area contributed by atoms with E-state index in [1.807, 2.05) is 0 Å². The highest BCUT2D eigenvalue weighted by atomic mass is 32.2. The molecule has 0 saturated carbocycles. The van der Waals surface area contributed by atoms with E-state index in [4.69, 9.17) is 14.3 Å². The molecule has 19 heavy (non-hydrogen) atoms. The molecule has 0 spiro atoms. The molecule has 1 aromatic rings. The van der Waals surface area contributed by atoms with Gasteiger partial charge in [0, 0.05) is 20.2 Å². The summed E-state index contributed by atoms with van der Waals surface area (Å²) < 4.78 is 31.6. The second-order valence-corrected chi connectivity index (χ2v) is 5.55. The number of nitrogens with one attached hydrogen (secondary N) is 2. The van der Waals surface area contributed by atoms with Crippen LogP contribution < -0.4 is 15.8 Å². The van der Waals surface area contributed by atoms with Crippen molar-refractivity contribution >= 4 is 16.0 Å². The molecule has 0 fully saturated rings. The molecule has 110 valence electrons. The number of ether oxygens (including phenoxy) is 1. The van der Waals surface area contributed by atoms with E-state index in [0.717, 1.165) is 0 Å². The van der Waals surface area contributed by atoms with Crippen molar-refractivity contribution in [2.24, 2.45) is 5.14 Å². The summed E-state index contributed by atoms with van der Waals surface area (Å²) in [5, 5.41) is 18.3. The molecule has 1 aromatic heterocycles. The molecule has 0 bridgehead atoms. The average Bonchev–Trinajstić information content (AvgIpc) is 2.77. The zero-order valence-corrected chi connectivity index (χ0v) is 11.6. The fraction of sp³-hybridized carbons (Fsp3) is 0.778. The Labute approximate surface area is 112 Å². The number of sulfonamides is 1. The van der Waals surface area contributed by atoms with Crippen LogP contribution in [-0.4, -0.2) is 51.2 Å². The summed E-state index contributed by atoms with van der Waals surface area (Å²) in [6.07, 6.45) is 0.378. The minimum Gasteiger partial charge on any atom is -0.407 e. The van der Waals surface area contributed by atoms with Crippen LogP contribution in [0.4, 0.5) is 6.01 Å². The smallest absolute Gasteiger partial charge is 0.315 e. The predicted molar refractivity (Wildman–Crippen MR) is 69.0 cm³/mol. The number of nitrogens with two attached hydrogens (primary N) is 1. The molecule has 0 amide bonds. The summed E-state index contributed by atoms with van der Waals surface area (Å²) in [5.41, 5.74) is 0. The summed E-state index contributed by atoms with van der Waals surface area (Å²) in [6, 6.07) is 0.262. The molecule has 9 nitrogen and oxygen atoms in total. The highest BCUT2D eigenvalue weighted by Gasteiger charge is 2.06. The first-order valence-corrected chi connectivity index (χ1v) is 7.49. The first-order chi connectivity index (χ1) is 9.01. The SMILES string of the molecule is COCCNCc1nnc(NCCCS(N)(=O)=O)o1. The number of anilines is 1. The summed E-state index contributed by atoms with van der Waals surface area (Å²) in [6.45, 7) is 2.15. The van der Waals surface area contributed by atoms with Gasteiger partial charge in [-0.05, 0) is 6.42 Å². The van der Waals surface area contributed by atoms with Crippen molar-refractivity contribution in [3.8, 4) is 0 Å². The van der Waals surface area contributed by atoms with Crippen molar-refractivity contribution in [1.82, 2.24) is 15.5 Å². The quantitative estimate of drug-likeness (QED) is 0.463. The molecule has 0 unspecified atom stereocenters. The summed E-state index contributed by atoms with van der Waals surface area (Å²) in [4.78, 5) is 0. The standard InChI is InChI=1S/C9H19N5O4S/c1-17-5-4-11-7-8-13-14-9(18-8)12-3-2-6-19(10,15)16/h11H,2-7H2,1H3,(H,12,14)(H2,10,15,16). The lowest BCUT2D eigenvalue weighted by molar-refractivity contribution is 0.198. The van der Waals surface area contributed by atoms with Crippen LogP contribution in [0.1, 0.15) is 12.3 Å². The van der Waals surface area contributed by atoms with Crippen LogP contribution in [0.15, 0.2) is 4.42 Å². The molecule has 4 N–H and O–H groups in total. The van der Waals surface area contributed by atoms with Crippen LogP contribution in [0, 0.1) is 0 Å². The van der Waals surface area contributed by atoms with Gasteiger partial charge in [-0.1, -0.05) is 5.10 Å². The van der Waals surface area contributed by atoms with Crippen molar-refractivity contribution in [2.45, 2.75) is 13.0 Å². The minimum atomic E-state index is -3.42. The van der Waals surface area contributed by atoms with Gasteiger partial charge in [-0.3, -0.25) is 0 Å². The van der Waals surface area contributed by atoms with Crippen molar-refractivity contribution in [3.63, 3.8) is 0 Å². The van der Waals surface area contributed by atoms with Gasteiger partial charge in [0.1, 0.15) is 0 Å². The lowest BCUT2D eigenvalue weighted by Gasteiger charge is -2.00. The van der Waals surface area contributed by atoms with Crippen LogP contribution >= 0.6 is 0 Å². The molecule has 0 atom stereocenters. The van der Waals surface area contributed by atoms with E-state index in [9.17, 15) is 8.42 Å². The molecule has 0 aliphatic carbocycles. The Morgan fingerprint density at radius 3 is 2.84 bits per heavy atom. The van der Waals surface area contributed by atoms with E-state index >= 15 is 0 Å². The Morgan fingerprint density at radius 1 is 1.37 bits per heavy atom. The van der Waals surface area contributed by atoms with Gasteiger partial charge in [0.05, 0.1) is 18.9 Å². The largest absolute Gasteiger partial charge is 0.407 e. The Balaban J connectivity index is 2.19. The zero-order valence-electron chi connectivity index (χ0n) is 10.8. The Hall–Kier alpha value is -1.23. The van der Waals surface area contributed by atoms with E-state index in [2.05, 4.69) is 20.8 Å². The number of methoxy groups -OCH3 is 1. The molecule has 1 rings (SSSR count). The second kappa shape index (κ2) is 8.04. The lowest BCUT2D eigenvalue weighted by atomic mass is 10.5. The summed E-state index contributed by atoms with van der Waals surface area (Å²) >= 11 is 0. The van der Waals surface area contributed by atoms with Crippen LogP contribution in [0.25, 0.3) is 0 Å². The molecule has 1 heterocycles. The fourth-order valence-corrected chi connectivity index (χ4v) is 1.78. The summed E-state index contributed by atoms with van der Waals surface area (Å²) in [7, 11) is -1.80. The molecule has 0 aliphatic rings. The highest BCUT2D eigenvalue weighted by Crippen LogP contribution is 2.04. The molecule has 0 aliphatic heterocycles. The van der Waals surface area contributed by atoms with Crippen LogP contribution in [0.5, 0.6) is 0 Å². The Kier molecular flexibility index (Phi) is 6.70. The van der Waals surface area contributed by atoms with Crippen LogP contribution in [-0.2, 0) is 21.3 Å². The van der Waals surface area contributed by atoms with Crippen LogP contribution in [0.3, 0.4) is 0 Å². The van der Waals surface area contributed by atoms with Gasteiger partial charge in [0.25, 0.3) is 0 Å². The van der Waals surface area contributed by atoms with Gasteiger partial charge in [0.15, 0.2) is 0 Å². The number of primary sulfonamides is 1. The maximum Gasteiger partial charge on any atom is 0.315 e. The van der Waals surface area contributed by atoms with Gasteiger partial charge in [-0.2, -0.15) is 0 Å². The first kappa shape index (κ1) is 15.8. The topological polar surface area (TPSA) is 132 Å². The number of nitrogens with zero attached hydrogens (tertiary/aromatic N) is 2. The third-order valence-electron chi connectivity index (χ3n) is 2.11. The summed E-state index contributed by atoms with van der Waals surface area (Å²) in [5.74, 6) is 0.365. The maximum atomic E-state index is 10.7. The molecule has 0 radical (unpaired) electrons. The van der Waals surface area contributed by atoms with Gasteiger partial charge in [0.2, 0.25) is 15.9 Å². The Bertz CT molecular complexity index is 461. The molecular formula is C9H19N5O4S. The molecular weight excluding hydrogens is 274 g/mol. The van der Waals surface area contributed by atoms with E-state index < -0.39 is 10.0 Å². The van der Waals surface area contributed by atoms with Gasteiger partial charge in [-0.15, -0.1) is 5.10 Å².